The van der Waals surface area contributed by atoms with E-state index in [1.54, 1.807) is 7.11 Å². The third-order valence-electron chi connectivity index (χ3n) is 5.17. The minimum absolute atomic E-state index is 0.138. The number of likely N-dealkylation sites (tertiary alicyclic amines) is 1. The van der Waals surface area contributed by atoms with Gasteiger partial charge in [0.05, 0.1) is 19.5 Å². The zero-order valence-electron chi connectivity index (χ0n) is 13.8. The lowest BCUT2D eigenvalue weighted by Gasteiger charge is -2.50. The van der Waals surface area contributed by atoms with Gasteiger partial charge in [-0.25, -0.2) is 8.42 Å². The SMILES string of the molecule is CCOC[C@@H]1CCS(=O)(=O)C12CN(Cc1ccc(OC)cc1)C2. The molecule has 5 nitrogen and oxygen atoms in total. The Bertz CT molecular complexity index is 635. The summed E-state index contributed by atoms with van der Waals surface area (Å²) in [6, 6.07) is 7.94. The fourth-order valence-corrected chi connectivity index (χ4v) is 6.23. The average molecular weight is 339 g/mol. The molecule has 0 aromatic heterocycles. The number of rotatable bonds is 6. The number of benzene rings is 1. The molecule has 6 heteroatoms. The van der Waals surface area contributed by atoms with Gasteiger partial charge in [0, 0.05) is 32.2 Å². The Hall–Kier alpha value is -1.11. The van der Waals surface area contributed by atoms with Crippen molar-refractivity contribution in [1.29, 1.82) is 0 Å². The standard InChI is InChI=1S/C17H25NO4S/c1-3-22-11-15-8-9-23(19,20)17(15)12-18(13-17)10-14-4-6-16(21-2)7-5-14/h4-7,15H,3,8-13H2,1-2H3/t15-/m0/s1. The summed E-state index contributed by atoms with van der Waals surface area (Å²) in [5.41, 5.74) is 1.18. The highest BCUT2D eigenvalue weighted by atomic mass is 32.2. The quantitative estimate of drug-likeness (QED) is 0.790. The monoisotopic (exact) mass is 339 g/mol. The summed E-state index contributed by atoms with van der Waals surface area (Å²) < 4.78 is 35.2. The van der Waals surface area contributed by atoms with E-state index in [0.29, 0.717) is 32.1 Å². The summed E-state index contributed by atoms with van der Waals surface area (Å²) in [6.07, 6.45) is 0.735. The molecule has 1 spiro atoms. The minimum atomic E-state index is -3.01. The normalized spacial score (nSPS) is 25.4. The maximum atomic E-state index is 12.5. The number of methoxy groups -OCH3 is 1. The van der Waals surface area contributed by atoms with E-state index in [1.165, 1.54) is 5.56 Å². The molecule has 128 valence electrons. The van der Waals surface area contributed by atoms with Gasteiger partial charge in [-0.05, 0) is 31.0 Å². The molecule has 0 aliphatic carbocycles. The van der Waals surface area contributed by atoms with E-state index in [4.69, 9.17) is 9.47 Å². The highest BCUT2D eigenvalue weighted by molar-refractivity contribution is 7.93. The lowest BCUT2D eigenvalue weighted by molar-refractivity contribution is 0.0292. The van der Waals surface area contributed by atoms with Gasteiger partial charge in [-0.1, -0.05) is 12.1 Å². The van der Waals surface area contributed by atoms with Crippen LogP contribution in [0.3, 0.4) is 0 Å². The van der Waals surface area contributed by atoms with Crippen LogP contribution in [0.25, 0.3) is 0 Å². The summed E-state index contributed by atoms with van der Waals surface area (Å²) in [4.78, 5) is 2.21. The molecule has 3 rings (SSSR count). The molecule has 1 aromatic rings. The molecule has 0 amide bonds. The van der Waals surface area contributed by atoms with Crippen molar-refractivity contribution in [1.82, 2.24) is 4.90 Å². The molecule has 2 saturated heterocycles. The van der Waals surface area contributed by atoms with E-state index in [-0.39, 0.29) is 5.92 Å². The Morgan fingerprint density at radius 3 is 2.57 bits per heavy atom. The van der Waals surface area contributed by atoms with Crippen molar-refractivity contribution in [3.05, 3.63) is 29.8 Å². The average Bonchev–Trinajstić information content (AvgIpc) is 2.77. The van der Waals surface area contributed by atoms with Gasteiger partial charge in [0.15, 0.2) is 9.84 Å². The van der Waals surface area contributed by atoms with E-state index < -0.39 is 14.6 Å². The fourth-order valence-electron chi connectivity index (χ4n) is 3.78. The molecule has 0 N–H and O–H groups in total. The summed E-state index contributed by atoms with van der Waals surface area (Å²) in [5, 5.41) is 0. The molecule has 2 aliphatic rings. The predicted octanol–water partition coefficient (Wildman–Crippen LogP) is 1.72. The second kappa shape index (κ2) is 6.42. The largest absolute Gasteiger partial charge is 0.497 e. The van der Waals surface area contributed by atoms with Crippen molar-refractivity contribution in [3.8, 4) is 5.75 Å². The van der Waals surface area contributed by atoms with Crippen molar-refractivity contribution >= 4 is 9.84 Å². The van der Waals surface area contributed by atoms with Gasteiger partial charge in [0.25, 0.3) is 0 Å². The van der Waals surface area contributed by atoms with Crippen LogP contribution in [-0.4, -0.2) is 57.2 Å². The first-order chi connectivity index (χ1) is 11.0. The Morgan fingerprint density at radius 2 is 1.96 bits per heavy atom. The third-order valence-corrected chi connectivity index (χ3v) is 7.77. The first-order valence-electron chi connectivity index (χ1n) is 8.16. The third kappa shape index (κ3) is 2.99. The number of hydrogen-bond acceptors (Lipinski definition) is 5. The Labute approximate surface area is 138 Å². The van der Waals surface area contributed by atoms with Crippen LogP contribution in [0.2, 0.25) is 0 Å². The first-order valence-corrected chi connectivity index (χ1v) is 9.81. The van der Waals surface area contributed by atoms with Crippen molar-refractivity contribution in [2.45, 2.75) is 24.6 Å². The van der Waals surface area contributed by atoms with E-state index in [9.17, 15) is 8.42 Å². The Kier molecular flexibility index (Phi) is 4.67. The van der Waals surface area contributed by atoms with E-state index >= 15 is 0 Å². The van der Waals surface area contributed by atoms with Crippen LogP contribution in [0.1, 0.15) is 18.9 Å². The van der Waals surface area contributed by atoms with Crippen molar-refractivity contribution in [2.24, 2.45) is 5.92 Å². The molecule has 0 bridgehead atoms. The zero-order chi connectivity index (χ0) is 16.5. The number of nitrogens with zero attached hydrogens (tertiary/aromatic N) is 1. The predicted molar refractivity (Wildman–Crippen MR) is 89.4 cm³/mol. The molecule has 0 radical (unpaired) electrons. The lowest BCUT2D eigenvalue weighted by atomic mass is 9.83. The van der Waals surface area contributed by atoms with Crippen LogP contribution >= 0.6 is 0 Å². The summed E-state index contributed by atoms with van der Waals surface area (Å²) >= 11 is 0. The van der Waals surface area contributed by atoms with Gasteiger partial charge in [-0.2, -0.15) is 0 Å². The second-order valence-electron chi connectivity index (χ2n) is 6.52. The molecular formula is C17H25NO4S. The number of ether oxygens (including phenoxy) is 2. The summed E-state index contributed by atoms with van der Waals surface area (Å²) in [7, 11) is -1.36. The molecule has 2 fully saturated rings. The minimum Gasteiger partial charge on any atom is -0.497 e. The van der Waals surface area contributed by atoms with Crippen LogP contribution in [0.4, 0.5) is 0 Å². The van der Waals surface area contributed by atoms with E-state index in [0.717, 1.165) is 18.7 Å². The molecule has 1 aromatic carbocycles. The molecule has 1 atom stereocenters. The highest BCUT2D eigenvalue weighted by Gasteiger charge is 2.61. The first kappa shape index (κ1) is 16.7. The fraction of sp³-hybridized carbons (Fsp3) is 0.647. The summed E-state index contributed by atoms with van der Waals surface area (Å²) in [6.45, 7) is 5.18. The van der Waals surface area contributed by atoms with Gasteiger partial charge in [0.1, 0.15) is 10.5 Å². The Balaban J connectivity index is 1.64. The van der Waals surface area contributed by atoms with E-state index in [1.807, 2.05) is 31.2 Å². The van der Waals surface area contributed by atoms with Gasteiger partial charge >= 0.3 is 0 Å². The van der Waals surface area contributed by atoms with Crippen molar-refractivity contribution in [3.63, 3.8) is 0 Å². The van der Waals surface area contributed by atoms with Crippen LogP contribution in [0.15, 0.2) is 24.3 Å². The Morgan fingerprint density at radius 1 is 1.26 bits per heavy atom. The molecule has 2 heterocycles. The molecule has 0 saturated carbocycles. The van der Waals surface area contributed by atoms with Crippen LogP contribution in [0.5, 0.6) is 5.75 Å². The smallest absolute Gasteiger partial charge is 0.158 e. The van der Waals surface area contributed by atoms with Crippen molar-refractivity contribution < 1.29 is 17.9 Å². The molecular weight excluding hydrogens is 314 g/mol. The maximum Gasteiger partial charge on any atom is 0.158 e. The van der Waals surface area contributed by atoms with Gasteiger partial charge in [0.2, 0.25) is 0 Å². The van der Waals surface area contributed by atoms with E-state index in [2.05, 4.69) is 4.90 Å². The van der Waals surface area contributed by atoms with Gasteiger partial charge in [-0.15, -0.1) is 0 Å². The van der Waals surface area contributed by atoms with Gasteiger partial charge in [-0.3, -0.25) is 4.90 Å². The maximum absolute atomic E-state index is 12.5. The lowest BCUT2D eigenvalue weighted by Crippen LogP contribution is -2.67. The van der Waals surface area contributed by atoms with Crippen LogP contribution < -0.4 is 4.74 Å². The second-order valence-corrected chi connectivity index (χ2v) is 8.97. The van der Waals surface area contributed by atoms with Crippen LogP contribution in [-0.2, 0) is 21.1 Å². The zero-order valence-corrected chi connectivity index (χ0v) is 14.6. The van der Waals surface area contributed by atoms with Gasteiger partial charge < -0.3 is 9.47 Å². The molecule has 23 heavy (non-hydrogen) atoms. The summed E-state index contributed by atoms with van der Waals surface area (Å²) in [5.74, 6) is 1.28. The number of hydrogen-bond donors (Lipinski definition) is 0. The highest BCUT2D eigenvalue weighted by Crippen LogP contribution is 2.45. The molecule has 0 unspecified atom stereocenters. The topological polar surface area (TPSA) is 55.8 Å². The number of sulfone groups is 1. The van der Waals surface area contributed by atoms with Crippen LogP contribution in [0, 0.1) is 5.92 Å². The van der Waals surface area contributed by atoms with Crippen molar-refractivity contribution in [2.75, 3.05) is 39.2 Å². The molecule has 2 aliphatic heterocycles.